The summed E-state index contributed by atoms with van der Waals surface area (Å²) in [4.78, 5) is 19.0. The Labute approximate surface area is 181 Å². The van der Waals surface area contributed by atoms with Crippen molar-refractivity contribution < 1.29 is 14.3 Å². The fraction of sp³-hybridized carbons (Fsp3) is 0.318. The van der Waals surface area contributed by atoms with E-state index in [-0.39, 0.29) is 6.03 Å². The lowest BCUT2D eigenvalue weighted by Crippen LogP contribution is -2.36. The Hall–Kier alpha value is -3.59. The number of rotatable bonds is 8. The summed E-state index contributed by atoms with van der Waals surface area (Å²) in [6.07, 6.45) is 5.39. The lowest BCUT2D eigenvalue weighted by Gasteiger charge is -2.28. The number of benzene rings is 1. The Morgan fingerprint density at radius 3 is 2.87 bits per heavy atom. The molecule has 2 amide bonds. The van der Waals surface area contributed by atoms with Gasteiger partial charge in [-0.15, -0.1) is 0 Å². The fourth-order valence-corrected chi connectivity index (χ4v) is 3.25. The molecule has 1 aliphatic heterocycles. The van der Waals surface area contributed by atoms with E-state index in [0.717, 1.165) is 24.5 Å². The maximum atomic E-state index is 12.3. The van der Waals surface area contributed by atoms with E-state index in [9.17, 15) is 4.79 Å². The number of hydrogen-bond acceptors (Lipinski definition) is 6. The first-order chi connectivity index (χ1) is 15.3. The van der Waals surface area contributed by atoms with Crippen LogP contribution in [0.3, 0.4) is 0 Å². The first-order valence-corrected chi connectivity index (χ1v) is 10.3. The average molecular weight is 422 g/mol. The molecule has 9 nitrogen and oxygen atoms in total. The molecule has 1 aromatic carbocycles. The van der Waals surface area contributed by atoms with Crippen LogP contribution < -0.4 is 20.3 Å². The molecule has 0 bridgehead atoms. The minimum atomic E-state index is -0.279. The van der Waals surface area contributed by atoms with Crippen molar-refractivity contribution in [3.8, 4) is 5.75 Å². The maximum Gasteiger partial charge on any atom is 0.319 e. The predicted molar refractivity (Wildman–Crippen MR) is 117 cm³/mol. The van der Waals surface area contributed by atoms with Crippen LogP contribution in [-0.4, -0.2) is 53.7 Å². The molecule has 9 heteroatoms. The number of aromatic nitrogens is 3. The van der Waals surface area contributed by atoms with E-state index in [4.69, 9.17) is 9.47 Å². The van der Waals surface area contributed by atoms with Gasteiger partial charge >= 0.3 is 6.03 Å². The first kappa shape index (κ1) is 20.7. The molecule has 0 spiro atoms. The summed E-state index contributed by atoms with van der Waals surface area (Å²) in [7, 11) is 0. The Kier molecular flexibility index (Phi) is 6.96. The van der Waals surface area contributed by atoms with Gasteiger partial charge in [0.25, 0.3) is 0 Å². The SMILES string of the molecule is O=C(NCc1ccnc(N2CCOCC2)c1)Nc1cccc(OCCn2cccn2)c1. The maximum absolute atomic E-state index is 12.3. The number of anilines is 2. The van der Waals surface area contributed by atoms with Crippen molar-refractivity contribution in [2.45, 2.75) is 13.1 Å². The summed E-state index contributed by atoms with van der Waals surface area (Å²) < 4.78 is 12.9. The van der Waals surface area contributed by atoms with Gasteiger partial charge in [0.15, 0.2) is 0 Å². The molecule has 1 saturated heterocycles. The van der Waals surface area contributed by atoms with E-state index >= 15 is 0 Å². The number of morpholine rings is 1. The van der Waals surface area contributed by atoms with Gasteiger partial charge in [-0.05, 0) is 35.9 Å². The number of ether oxygens (including phenoxy) is 2. The summed E-state index contributed by atoms with van der Waals surface area (Å²) in [5.41, 5.74) is 1.65. The number of amides is 2. The van der Waals surface area contributed by atoms with Crippen molar-refractivity contribution >= 4 is 17.5 Å². The zero-order valence-corrected chi connectivity index (χ0v) is 17.2. The van der Waals surface area contributed by atoms with Gasteiger partial charge in [-0.1, -0.05) is 6.07 Å². The van der Waals surface area contributed by atoms with Crippen LogP contribution in [0, 0.1) is 0 Å². The molecule has 162 valence electrons. The third-order valence-electron chi connectivity index (χ3n) is 4.84. The lowest BCUT2D eigenvalue weighted by molar-refractivity contribution is 0.122. The summed E-state index contributed by atoms with van der Waals surface area (Å²) in [6.45, 7) is 4.62. The normalized spacial score (nSPS) is 13.6. The third kappa shape index (κ3) is 6.19. The molecule has 3 aromatic rings. The number of urea groups is 1. The molecular formula is C22H26N6O3. The van der Waals surface area contributed by atoms with Gasteiger partial charge in [0.05, 0.1) is 19.8 Å². The van der Waals surface area contributed by atoms with Gasteiger partial charge in [-0.2, -0.15) is 5.10 Å². The molecule has 3 heterocycles. The molecule has 31 heavy (non-hydrogen) atoms. The molecule has 4 rings (SSSR count). The number of hydrogen-bond donors (Lipinski definition) is 2. The first-order valence-electron chi connectivity index (χ1n) is 10.3. The predicted octanol–water partition coefficient (Wildman–Crippen LogP) is 2.52. The number of nitrogens with zero attached hydrogens (tertiary/aromatic N) is 4. The lowest BCUT2D eigenvalue weighted by atomic mass is 10.2. The van der Waals surface area contributed by atoms with Crippen molar-refractivity contribution in [1.29, 1.82) is 0 Å². The van der Waals surface area contributed by atoms with E-state index in [0.29, 0.717) is 44.3 Å². The van der Waals surface area contributed by atoms with Gasteiger partial charge in [0, 0.05) is 50.0 Å². The van der Waals surface area contributed by atoms with Crippen molar-refractivity contribution in [3.63, 3.8) is 0 Å². The Morgan fingerprint density at radius 2 is 2.03 bits per heavy atom. The van der Waals surface area contributed by atoms with Crippen LogP contribution in [0.2, 0.25) is 0 Å². The minimum Gasteiger partial charge on any atom is -0.492 e. The fourth-order valence-electron chi connectivity index (χ4n) is 3.25. The summed E-state index contributed by atoms with van der Waals surface area (Å²) >= 11 is 0. The molecule has 1 fully saturated rings. The highest BCUT2D eigenvalue weighted by Crippen LogP contribution is 2.18. The summed E-state index contributed by atoms with van der Waals surface area (Å²) in [6, 6.07) is 12.8. The van der Waals surface area contributed by atoms with Crippen LogP contribution in [0.15, 0.2) is 61.1 Å². The monoisotopic (exact) mass is 422 g/mol. The van der Waals surface area contributed by atoms with E-state index in [1.807, 2.05) is 42.6 Å². The number of carbonyl (C=O) groups is 1. The number of pyridine rings is 1. The second-order valence-corrected chi connectivity index (χ2v) is 7.07. The van der Waals surface area contributed by atoms with Gasteiger partial charge in [0.2, 0.25) is 0 Å². The standard InChI is InChI=1S/C22H26N6O3/c29-22(24-17-18-5-7-23-21(15-18)27-9-12-30-13-10-27)26-19-3-1-4-20(16-19)31-14-11-28-8-2-6-25-28/h1-8,15-16H,9-14,17H2,(H2,24,26,29). The zero-order chi connectivity index (χ0) is 21.3. The molecule has 1 aliphatic rings. The molecular weight excluding hydrogens is 396 g/mol. The topological polar surface area (TPSA) is 93.5 Å². The van der Waals surface area contributed by atoms with Crippen LogP contribution in [-0.2, 0) is 17.8 Å². The largest absolute Gasteiger partial charge is 0.492 e. The zero-order valence-electron chi connectivity index (χ0n) is 17.2. The van der Waals surface area contributed by atoms with Crippen molar-refractivity contribution in [1.82, 2.24) is 20.1 Å². The van der Waals surface area contributed by atoms with Crippen LogP contribution in [0.1, 0.15) is 5.56 Å². The smallest absolute Gasteiger partial charge is 0.319 e. The van der Waals surface area contributed by atoms with E-state index in [2.05, 4.69) is 25.6 Å². The average Bonchev–Trinajstić information content (AvgIpc) is 3.32. The Balaban J connectivity index is 1.25. The molecule has 0 saturated carbocycles. The highest BCUT2D eigenvalue weighted by molar-refractivity contribution is 5.89. The molecule has 0 aliphatic carbocycles. The minimum absolute atomic E-state index is 0.279. The van der Waals surface area contributed by atoms with Crippen molar-refractivity contribution in [2.75, 3.05) is 43.1 Å². The van der Waals surface area contributed by atoms with Gasteiger partial charge in [-0.3, -0.25) is 4.68 Å². The Morgan fingerprint density at radius 1 is 1.13 bits per heavy atom. The quantitative estimate of drug-likeness (QED) is 0.579. The molecule has 0 radical (unpaired) electrons. The van der Waals surface area contributed by atoms with Gasteiger partial charge in [-0.25, -0.2) is 9.78 Å². The van der Waals surface area contributed by atoms with E-state index in [1.165, 1.54) is 0 Å². The summed E-state index contributed by atoms with van der Waals surface area (Å²) in [5.74, 6) is 1.59. The number of carbonyl (C=O) groups excluding carboxylic acids is 1. The molecule has 0 atom stereocenters. The Bertz CT molecular complexity index is 973. The highest BCUT2D eigenvalue weighted by atomic mass is 16.5. The second-order valence-electron chi connectivity index (χ2n) is 7.07. The second kappa shape index (κ2) is 10.4. The van der Waals surface area contributed by atoms with Gasteiger partial charge in [0.1, 0.15) is 18.2 Å². The van der Waals surface area contributed by atoms with E-state index in [1.54, 1.807) is 23.1 Å². The van der Waals surface area contributed by atoms with Gasteiger partial charge < -0.3 is 25.0 Å². The molecule has 2 N–H and O–H groups in total. The van der Waals surface area contributed by atoms with Crippen LogP contribution >= 0.6 is 0 Å². The molecule has 0 unspecified atom stereocenters. The van der Waals surface area contributed by atoms with E-state index < -0.39 is 0 Å². The van der Waals surface area contributed by atoms with Crippen molar-refractivity contribution in [3.05, 3.63) is 66.6 Å². The van der Waals surface area contributed by atoms with Crippen LogP contribution in [0.25, 0.3) is 0 Å². The highest BCUT2D eigenvalue weighted by Gasteiger charge is 2.12. The third-order valence-corrected chi connectivity index (χ3v) is 4.84. The van der Waals surface area contributed by atoms with Crippen molar-refractivity contribution in [2.24, 2.45) is 0 Å². The number of nitrogens with one attached hydrogen (secondary N) is 2. The van der Waals surface area contributed by atoms with Crippen LogP contribution in [0.4, 0.5) is 16.3 Å². The summed E-state index contributed by atoms with van der Waals surface area (Å²) in [5, 5.41) is 9.87. The van der Waals surface area contributed by atoms with Crippen LogP contribution in [0.5, 0.6) is 5.75 Å². The molecule has 2 aromatic heterocycles.